The third kappa shape index (κ3) is 3.28. The molecule has 0 N–H and O–H groups in total. The Balaban J connectivity index is 2.25. The van der Waals surface area contributed by atoms with E-state index in [1.807, 2.05) is 13.0 Å². The number of morpholine rings is 1. The number of ether oxygens (including phenoxy) is 1. The van der Waals surface area contributed by atoms with E-state index in [1.54, 1.807) is 18.2 Å². The van der Waals surface area contributed by atoms with E-state index in [0.717, 1.165) is 12.0 Å². The lowest BCUT2D eigenvalue weighted by molar-refractivity contribution is -0.00277. The first-order valence-corrected chi connectivity index (χ1v) is 8.32. The highest BCUT2D eigenvalue weighted by Crippen LogP contribution is 2.21. The summed E-state index contributed by atoms with van der Waals surface area (Å²) in [5, 5.41) is 0. The van der Waals surface area contributed by atoms with Gasteiger partial charge in [0.25, 0.3) is 0 Å². The standard InChI is InChI=1S/C13H18ClNO3S/c1-2-12-10-15(6-7-18-12)19(16,17)13-5-3-4-11(8-13)9-14/h3-5,8,12H,2,6-7,9-10H2,1H3. The predicted molar refractivity (Wildman–Crippen MR) is 74.8 cm³/mol. The maximum Gasteiger partial charge on any atom is 0.243 e. The molecule has 4 nitrogen and oxygen atoms in total. The molecule has 1 aliphatic rings. The van der Waals surface area contributed by atoms with E-state index in [-0.39, 0.29) is 6.10 Å². The molecule has 1 atom stereocenters. The number of alkyl halides is 1. The van der Waals surface area contributed by atoms with Gasteiger partial charge in [0.2, 0.25) is 10.0 Å². The van der Waals surface area contributed by atoms with Crippen LogP contribution in [0.1, 0.15) is 18.9 Å². The maximum absolute atomic E-state index is 12.5. The van der Waals surface area contributed by atoms with Crippen molar-refractivity contribution in [3.05, 3.63) is 29.8 Å². The van der Waals surface area contributed by atoms with Crippen LogP contribution in [0.3, 0.4) is 0 Å². The smallest absolute Gasteiger partial charge is 0.243 e. The summed E-state index contributed by atoms with van der Waals surface area (Å²) in [6.45, 7) is 3.27. The van der Waals surface area contributed by atoms with Gasteiger partial charge in [-0.05, 0) is 24.1 Å². The van der Waals surface area contributed by atoms with E-state index in [1.165, 1.54) is 4.31 Å². The lowest BCUT2D eigenvalue weighted by Gasteiger charge is -2.31. The second kappa shape index (κ2) is 6.22. The molecule has 0 bridgehead atoms. The van der Waals surface area contributed by atoms with E-state index < -0.39 is 10.0 Å². The summed E-state index contributed by atoms with van der Waals surface area (Å²) >= 11 is 5.75. The maximum atomic E-state index is 12.5. The minimum atomic E-state index is -3.44. The van der Waals surface area contributed by atoms with E-state index in [4.69, 9.17) is 16.3 Å². The molecule has 1 aromatic rings. The lowest BCUT2D eigenvalue weighted by Crippen LogP contribution is -2.45. The molecule has 0 saturated carbocycles. The number of halogens is 1. The summed E-state index contributed by atoms with van der Waals surface area (Å²) in [5.74, 6) is 0.310. The molecule has 0 aromatic heterocycles. The van der Waals surface area contributed by atoms with Gasteiger partial charge < -0.3 is 4.74 Å². The Morgan fingerprint density at radius 2 is 2.26 bits per heavy atom. The van der Waals surface area contributed by atoms with Gasteiger partial charge in [0.15, 0.2) is 0 Å². The number of hydrogen-bond acceptors (Lipinski definition) is 3. The lowest BCUT2D eigenvalue weighted by atomic mass is 10.2. The van der Waals surface area contributed by atoms with Crippen LogP contribution in [0.15, 0.2) is 29.2 Å². The van der Waals surface area contributed by atoms with Gasteiger partial charge in [0.05, 0.1) is 17.6 Å². The van der Waals surface area contributed by atoms with Gasteiger partial charge in [0, 0.05) is 19.0 Å². The van der Waals surface area contributed by atoms with Crippen molar-refractivity contribution in [1.29, 1.82) is 0 Å². The zero-order chi connectivity index (χ0) is 13.9. The molecular weight excluding hydrogens is 286 g/mol. The van der Waals surface area contributed by atoms with Crippen LogP contribution in [0.25, 0.3) is 0 Å². The number of hydrogen-bond donors (Lipinski definition) is 0. The zero-order valence-electron chi connectivity index (χ0n) is 10.9. The van der Waals surface area contributed by atoms with Crippen LogP contribution in [0, 0.1) is 0 Å². The topological polar surface area (TPSA) is 46.6 Å². The molecule has 1 fully saturated rings. The molecule has 0 radical (unpaired) electrons. The minimum Gasteiger partial charge on any atom is -0.375 e. The van der Waals surface area contributed by atoms with Crippen molar-refractivity contribution in [2.75, 3.05) is 19.7 Å². The molecule has 19 heavy (non-hydrogen) atoms. The van der Waals surface area contributed by atoms with Crippen LogP contribution in [-0.2, 0) is 20.6 Å². The third-order valence-corrected chi connectivity index (χ3v) is 5.42. The fraction of sp³-hybridized carbons (Fsp3) is 0.538. The van der Waals surface area contributed by atoms with Gasteiger partial charge in [0.1, 0.15) is 0 Å². The van der Waals surface area contributed by atoms with Crippen LogP contribution in [0.5, 0.6) is 0 Å². The molecule has 1 aromatic carbocycles. The molecule has 1 unspecified atom stereocenters. The fourth-order valence-electron chi connectivity index (χ4n) is 2.10. The highest BCUT2D eigenvalue weighted by molar-refractivity contribution is 7.89. The molecular formula is C13H18ClNO3S. The van der Waals surface area contributed by atoms with Crippen molar-refractivity contribution in [3.63, 3.8) is 0 Å². The normalized spacial score (nSPS) is 21.5. The Kier molecular flexibility index (Phi) is 4.84. The Morgan fingerprint density at radius 3 is 2.95 bits per heavy atom. The Labute approximate surface area is 119 Å². The zero-order valence-corrected chi connectivity index (χ0v) is 12.5. The Morgan fingerprint density at radius 1 is 1.47 bits per heavy atom. The van der Waals surface area contributed by atoms with Crippen LogP contribution < -0.4 is 0 Å². The van der Waals surface area contributed by atoms with Gasteiger partial charge in [-0.25, -0.2) is 8.42 Å². The minimum absolute atomic E-state index is 0.0141. The molecule has 6 heteroatoms. The molecule has 1 heterocycles. The van der Waals surface area contributed by atoms with Crippen LogP contribution in [-0.4, -0.2) is 38.5 Å². The average molecular weight is 304 g/mol. The van der Waals surface area contributed by atoms with Crippen molar-refractivity contribution in [3.8, 4) is 0 Å². The summed E-state index contributed by atoms with van der Waals surface area (Å²) in [6.07, 6.45) is 0.799. The molecule has 0 amide bonds. The first-order valence-electron chi connectivity index (χ1n) is 6.34. The van der Waals surface area contributed by atoms with E-state index in [9.17, 15) is 8.42 Å². The second-order valence-electron chi connectivity index (χ2n) is 4.55. The van der Waals surface area contributed by atoms with Gasteiger partial charge in [-0.3, -0.25) is 0 Å². The van der Waals surface area contributed by atoms with Gasteiger partial charge in [-0.2, -0.15) is 4.31 Å². The van der Waals surface area contributed by atoms with Gasteiger partial charge in [-0.15, -0.1) is 11.6 Å². The molecule has 0 aliphatic carbocycles. The van der Waals surface area contributed by atoms with Crippen molar-refractivity contribution >= 4 is 21.6 Å². The number of rotatable bonds is 4. The van der Waals surface area contributed by atoms with Crippen LogP contribution >= 0.6 is 11.6 Å². The summed E-state index contributed by atoms with van der Waals surface area (Å²) in [4.78, 5) is 0.308. The molecule has 1 saturated heterocycles. The second-order valence-corrected chi connectivity index (χ2v) is 6.75. The van der Waals surface area contributed by atoms with Gasteiger partial charge >= 0.3 is 0 Å². The molecule has 1 aliphatic heterocycles. The van der Waals surface area contributed by atoms with E-state index >= 15 is 0 Å². The fourth-order valence-corrected chi connectivity index (χ4v) is 3.79. The predicted octanol–water partition coefficient (Wildman–Crippen LogP) is 2.22. The highest BCUT2D eigenvalue weighted by Gasteiger charge is 2.30. The van der Waals surface area contributed by atoms with Crippen molar-refractivity contribution in [1.82, 2.24) is 4.31 Å². The first kappa shape index (κ1) is 14.8. The summed E-state index contributed by atoms with van der Waals surface area (Å²) < 4.78 is 32.1. The van der Waals surface area contributed by atoms with E-state index in [2.05, 4.69) is 0 Å². The van der Waals surface area contributed by atoms with Crippen molar-refractivity contribution in [2.45, 2.75) is 30.2 Å². The number of sulfonamides is 1. The Bertz CT molecular complexity index is 532. The molecule has 0 spiro atoms. The number of benzene rings is 1. The molecule has 106 valence electrons. The van der Waals surface area contributed by atoms with Crippen LogP contribution in [0.4, 0.5) is 0 Å². The third-order valence-electron chi connectivity index (χ3n) is 3.25. The average Bonchev–Trinajstić information content (AvgIpc) is 2.47. The SMILES string of the molecule is CCC1CN(S(=O)(=O)c2cccc(CCl)c2)CCO1. The van der Waals surface area contributed by atoms with Gasteiger partial charge in [-0.1, -0.05) is 19.1 Å². The van der Waals surface area contributed by atoms with Crippen molar-refractivity contribution < 1.29 is 13.2 Å². The highest BCUT2D eigenvalue weighted by atomic mass is 35.5. The molecule has 2 rings (SSSR count). The van der Waals surface area contributed by atoms with Crippen LogP contribution in [0.2, 0.25) is 0 Å². The van der Waals surface area contributed by atoms with Crippen molar-refractivity contribution in [2.24, 2.45) is 0 Å². The number of nitrogens with zero attached hydrogens (tertiary/aromatic N) is 1. The summed E-state index contributed by atoms with van der Waals surface area (Å²) in [5.41, 5.74) is 0.808. The summed E-state index contributed by atoms with van der Waals surface area (Å²) in [6, 6.07) is 6.79. The summed E-state index contributed by atoms with van der Waals surface area (Å²) in [7, 11) is -3.44. The largest absolute Gasteiger partial charge is 0.375 e. The Hall–Kier alpha value is -0.620. The first-order chi connectivity index (χ1) is 9.07. The quantitative estimate of drug-likeness (QED) is 0.801. The van der Waals surface area contributed by atoms with E-state index in [0.29, 0.717) is 30.5 Å². The monoisotopic (exact) mass is 303 g/mol.